The minimum atomic E-state index is -0.473. The van der Waals surface area contributed by atoms with Crippen LogP contribution >= 0.6 is 0 Å². The van der Waals surface area contributed by atoms with E-state index in [2.05, 4.69) is 15.6 Å². The van der Waals surface area contributed by atoms with E-state index in [1.165, 1.54) is 0 Å². The van der Waals surface area contributed by atoms with E-state index in [1.807, 2.05) is 27.0 Å². The van der Waals surface area contributed by atoms with E-state index >= 15 is 0 Å². The van der Waals surface area contributed by atoms with Gasteiger partial charge >= 0.3 is 6.09 Å². The molecule has 0 spiro atoms. The van der Waals surface area contributed by atoms with Gasteiger partial charge in [0.2, 0.25) is 0 Å². The lowest BCUT2D eigenvalue weighted by atomic mass is 10.1. The number of rotatable bonds is 6. The Morgan fingerprint density at radius 3 is 2.96 bits per heavy atom. The molecule has 142 valence electrons. The number of nitrogens with one attached hydrogen (secondary N) is 1. The zero-order chi connectivity index (χ0) is 18.3. The Hall–Kier alpha value is -1.67. The molecule has 0 saturated carbocycles. The van der Waals surface area contributed by atoms with Gasteiger partial charge in [0.25, 0.3) is 0 Å². The number of hydrogen-bond acceptors (Lipinski definition) is 6. The van der Waals surface area contributed by atoms with Crippen molar-refractivity contribution in [3.63, 3.8) is 0 Å². The second-order valence-electron chi connectivity index (χ2n) is 7.55. The highest BCUT2D eigenvalue weighted by Crippen LogP contribution is 2.15. The lowest BCUT2D eigenvalue weighted by molar-refractivity contribution is 0.0243. The molecule has 1 saturated heterocycles. The van der Waals surface area contributed by atoms with Crippen LogP contribution in [0.5, 0.6) is 0 Å². The molecule has 2 heterocycles. The predicted octanol–water partition coefficient (Wildman–Crippen LogP) is 1.54. The number of hydrogen-bond donors (Lipinski definition) is 2. The van der Waals surface area contributed by atoms with E-state index < -0.39 is 5.60 Å². The Kier molecular flexibility index (Phi) is 7.19. The number of aryl methyl sites for hydroxylation is 1. The van der Waals surface area contributed by atoms with Crippen LogP contribution in [0.25, 0.3) is 0 Å². The third kappa shape index (κ3) is 6.99. The summed E-state index contributed by atoms with van der Waals surface area (Å²) in [6.07, 6.45) is 5.43. The van der Waals surface area contributed by atoms with Gasteiger partial charge in [-0.2, -0.15) is 0 Å². The summed E-state index contributed by atoms with van der Waals surface area (Å²) in [6, 6.07) is 0.220. The first kappa shape index (κ1) is 19.7. The smallest absolute Gasteiger partial charge is 0.410 e. The number of amides is 1. The van der Waals surface area contributed by atoms with Crippen molar-refractivity contribution in [3.8, 4) is 0 Å². The number of ether oxygens (including phenoxy) is 1. The molecule has 2 rings (SSSR count). The normalized spacial score (nSPS) is 18.9. The van der Waals surface area contributed by atoms with Crippen molar-refractivity contribution in [2.24, 2.45) is 0 Å². The van der Waals surface area contributed by atoms with Gasteiger partial charge in [-0.05, 0) is 40.0 Å². The molecule has 1 aliphatic rings. The monoisotopic (exact) mass is 353 g/mol. The first-order chi connectivity index (χ1) is 11.9. The summed E-state index contributed by atoms with van der Waals surface area (Å²) >= 11 is 0. The highest BCUT2D eigenvalue weighted by Gasteiger charge is 2.26. The van der Waals surface area contributed by atoms with Crippen molar-refractivity contribution >= 4 is 6.09 Å². The predicted molar refractivity (Wildman–Crippen MR) is 94.0 cm³/mol. The van der Waals surface area contributed by atoms with Gasteiger partial charge in [-0.25, -0.2) is 4.79 Å². The maximum absolute atomic E-state index is 12.3. The van der Waals surface area contributed by atoms with Crippen molar-refractivity contribution in [1.82, 2.24) is 25.2 Å². The first-order valence-corrected chi connectivity index (χ1v) is 9.08. The van der Waals surface area contributed by atoms with Crippen molar-refractivity contribution in [2.75, 3.05) is 19.7 Å². The van der Waals surface area contributed by atoms with E-state index in [1.54, 1.807) is 9.58 Å². The van der Waals surface area contributed by atoms with Gasteiger partial charge in [-0.15, -0.1) is 5.10 Å². The summed E-state index contributed by atoms with van der Waals surface area (Å²) in [5, 5.41) is 20.5. The van der Waals surface area contributed by atoms with Crippen LogP contribution in [0, 0.1) is 0 Å². The fraction of sp³-hybridized carbons (Fsp3) is 0.824. The zero-order valence-electron chi connectivity index (χ0n) is 15.6. The summed E-state index contributed by atoms with van der Waals surface area (Å²) < 4.78 is 7.24. The van der Waals surface area contributed by atoms with E-state index in [4.69, 9.17) is 9.84 Å². The largest absolute Gasteiger partial charge is 0.444 e. The van der Waals surface area contributed by atoms with Crippen molar-refractivity contribution in [1.29, 1.82) is 0 Å². The van der Waals surface area contributed by atoms with Gasteiger partial charge in [0.15, 0.2) is 0 Å². The number of aliphatic hydroxyl groups is 1. The average molecular weight is 353 g/mol. The van der Waals surface area contributed by atoms with Gasteiger partial charge in [0, 0.05) is 45.0 Å². The minimum Gasteiger partial charge on any atom is -0.444 e. The summed E-state index contributed by atoms with van der Waals surface area (Å²) in [7, 11) is 0. The summed E-state index contributed by atoms with van der Waals surface area (Å²) in [4.78, 5) is 14.1. The highest BCUT2D eigenvalue weighted by molar-refractivity contribution is 5.68. The Morgan fingerprint density at radius 1 is 1.44 bits per heavy atom. The second-order valence-corrected chi connectivity index (χ2v) is 7.55. The van der Waals surface area contributed by atoms with E-state index in [0.717, 1.165) is 31.5 Å². The molecule has 1 aromatic heterocycles. The third-order valence-electron chi connectivity index (χ3n) is 4.03. The van der Waals surface area contributed by atoms with Gasteiger partial charge in [0.05, 0.1) is 5.69 Å². The zero-order valence-corrected chi connectivity index (χ0v) is 15.6. The van der Waals surface area contributed by atoms with Gasteiger partial charge in [-0.3, -0.25) is 4.68 Å². The maximum Gasteiger partial charge on any atom is 0.410 e. The Balaban J connectivity index is 1.84. The average Bonchev–Trinajstić information content (AvgIpc) is 2.85. The molecule has 1 aromatic rings. The third-order valence-corrected chi connectivity index (χ3v) is 4.03. The van der Waals surface area contributed by atoms with E-state index in [-0.39, 0.29) is 18.7 Å². The minimum absolute atomic E-state index is 0.149. The van der Waals surface area contributed by atoms with E-state index in [9.17, 15) is 4.79 Å². The number of aromatic nitrogens is 3. The number of nitrogens with zero attached hydrogens (tertiary/aromatic N) is 4. The maximum atomic E-state index is 12.3. The molecule has 0 aliphatic carbocycles. The van der Waals surface area contributed by atoms with Crippen LogP contribution in [0.2, 0.25) is 0 Å². The fourth-order valence-corrected chi connectivity index (χ4v) is 2.81. The SMILES string of the molecule is CC(C)(C)OC(=O)N1CCCCC(NCc2cn(CCCO)nn2)C1. The molecular formula is C17H31N5O3. The fourth-order valence-electron chi connectivity index (χ4n) is 2.81. The van der Waals surface area contributed by atoms with Gasteiger partial charge in [0.1, 0.15) is 5.60 Å². The molecule has 8 nitrogen and oxygen atoms in total. The standard InChI is InChI=1S/C17H31N5O3/c1-17(2,3)25-16(24)21-8-5-4-7-14(12-21)18-11-15-13-22(20-19-15)9-6-10-23/h13-14,18,23H,4-12H2,1-3H3. The van der Waals surface area contributed by atoms with Crippen molar-refractivity contribution in [2.45, 2.75) is 71.2 Å². The van der Waals surface area contributed by atoms with Crippen LogP contribution in [0.4, 0.5) is 4.79 Å². The Morgan fingerprint density at radius 2 is 2.24 bits per heavy atom. The van der Waals surface area contributed by atoms with E-state index in [0.29, 0.717) is 26.1 Å². The summed E-state index contributed by atoms with van der Waals surface area (Å²) in [5.74, 6) is 0. The molecule has 8 heteroatoms. The summed E-state index contributed by atoms with van der Waals surface area (Å²) in [5.41, 5.74) is 0.394. The molecule has 0 radical (unpaired) electrons. The molecule has 25 heavy (non-hydrogen) atoms. The number of carbonyl (C=O) groups is 1. The Bertz CT molecular complexity index is 541. The van der Waals surface area contributed by atoms with Crippen LogP contribution in [0.3, 0.4) is 0 Å². The second kappa shape index (κ2) is 9.15. The van der Waals surface area contributed by atoms with Crippen molar-refractivity contribution < 1.29 is 14.6 Å². The molecule has 0 aromatic carbocycles. The van der Waals surface area contributed by atoms with Gasteiger partial charge < -0.3 is 20.1 Å². The molecule has 1 atom stereocenters. The van der Waals surface area contributed by atoms with Crippen LogP contribution in [-0.4, -0.2) is 62.4 Å². The number of likely N-dealkylation sites (tertiary alicyclic amines) is 1. The molecule has 1 amide bonds. The van der Waals surface area contributed by atoms with Crippen LogP contribution in [0.1, 0.15) is 52.1 Å². The topological polar surface area (TPSA) is 92.5 Å². The van der Waals surface area contributed by atoms with Crippen molar-refractivity contribution in [3.05, 3.63) is 11.9 Å². The lowest BCUT2D eigenvalue weighted by Crippen LogP contribution is -2.44. The number of aliphatic hydroxyl groups excluding tert-OH is 1. The van der Waals surface area contributed by atoms with Crippen LogP contribution < -0.4 is 5.32 Å². The molecule has 2 N–H and O–H groups in total. The molecule has 1 unspecified atom stereocenters. The molecule has 0 bridgehead atoms. The Labute approximate surface area is 149 Å². The van der Waals surface area contributed by atoms with Crippen LogP contribution in [0.15, 0.2) is 6.20 Å². The molecule has 1 aliphatic heterocycles. The van der Waals surface area contributed by atoms with Gasteiger partial charge in [-0.1, -0.05) is 11.6 Å². The molecular weight excluding hydrogens is 322 g/mol. The highest BCUT2D eigenvalue weighted by atomic mass is 16.6. The summed E-state index contributed by atoms with van der Waals surface area (Å²) in [6.45, 7) is 8.48. The van der Waals surface area contributed by atoms with Crippen LogP contribution in [-0.2, 0) is 17.8 Å². The quantitative estimate of drug-likeness (QED) is 0.806. The number of carbonyl (C=O) groups excluding carboxylic acids is 1. The first-order valence-electron chi connectivity index (χ1n) is 9.08. The lowest BCUT2D eigenvalue weighted by Gasteiger charge is -2.28. The molecule has 1 fully saturated rings.